The van der Waals surface area contributed by atoms with Crippen LogP contribution in [0.3, 0.4) is 0 Å². The highest BCUT2D eigenvalue weighted by molar-refractivity contribution is 7.26. The minimum Gasteiger partial charge on any atom is -0.452 e. The predicted molar refractivity (Wildman–Crippen MR) is 225 cm³/mol. The third-order valence-corrected chi connectivity index (χ3v) is 13.0. The Hall–Kier alpha value is -7.02. The zero-order valence-electron chi connectivity index (χ0n) is 28.5. The fourth-order valence-corrected chi connectivity index (χ4v) is 10.8. The third-order valence-electron chi connectivity index (χ3n) is 11.9. The largest absolute Gasteiger partial charge is 0.452 e. The minimum atomic E-state index is 0.626. The number of hydrogen-bond acceptors (Lipinski definition) is 4. The Morgan fingerprint density at radius 2 is 1.19 bits per heavy atom. The van der Waals surface area contributed by atoms with Gasteiger partial charge in [-0.25, -0.2) is 9.97 Å². The van der Waals surface area contributed by atoms with E-state index in [4.69, 9.17) is 14.4 Å². The quantitative estimate of drug-likeness (QED) is 0.168. The lowest BCUT2D eigenvalue weighted by molar-refractivity contribution is 0.666. The summed E-state index contributed by atoms with van der Waals surface area (Å²) in [5.74, 6) is 0.626. The van der Waals surface area contributed by atoms with Gasteiger partial charge in [0.05, 0.1) is 27.6 Å². The molecule has 0 amide bonds. The molecule has 14 rings (SSSR count). The lowest BCUT2D eigenvalue weighted by atomic mass is 9.96. The van der Waals surface area contributed by atoms with Crippen molar-refractivity contribution >= 4 is 124 Å². The number of fused-ring (bicyclic) bond motifs is 10. The summed E-state index contributed by atoms with van der Waals surface area (Å²) in [5, 5.41) is 13.4. The number of nitrogens with zero attached hydrogens (tertiary/aromatic N) is 4. The van der Waals surface area contributed by atoms with E-state index < -0.39 is 0 Å². The summed E-state index contributed by atoms with van der Waals surface area (Å²) in [6.45, 7) is 0. The Morgan fingerprint density at radius 1 is 0.463 bits per heavy atom. The van der Waals surface area contributed by atoms with Gasteiger partial charge in [0, 0.05) is 52.7 Å². The molecule has 6 heterocycles. The van der Waals surface area contributed by atoms with Crippen molar-refractivity contribution < 1.29 is 4.42 Å². The van der Waals surface area contributed by atoms with Crippen LogP contribution in [0.15, 0.2) is 150 Å². The number of benzene rings is 8. The Labute approximate surface area is 309 Å². The maximum Gasteiger partial charge on any atom is 0.236 e. The first-order chi connectivity index (χ1) is 26.8. The molecule has 0 saturated heterocycles. The lowest BCUT2D eigenvalue weighted by Crippen LogP contribution is -2.03. The van der Waals surface area contributed by atoms with Crippen molar-refractivity contribution in [2.45, 2.75) is 0 Å². The number of hydrogen-bond donors (Lipinski definition) is 0. The van der Waals surface area contributed by atoms with E-state index in [1.807, 2.05) is 23.5 Å². The first-order valence-electron chi connectivity index (χ1n) is 18.3. The molecule has 54 heavy (non-hydrogen) atoms. The van der Waals surface area contributed by atoms with Crippen LogP contribution in [0.5, 0.6) is 0 Å². The molecule has 0 radical (unpaired) electrons. The van der Waals surface area contributed by atoms with Gasteiger partial charge in [0.1, 0.15) is 16.8 Å². The molecule has 6 aromatic heterocycles. The minimum absolute atomic E-state index is 0.626. The van der Waals surface area contributed by atoms with Gasteiger partial charge < -0.3 is 8.82 Å². The zero-order valence-corrected chi connectivity index (χ0v) is 29.3. The average molecular weight is 705 g/mol. The number of rotatable bonds is 2. The van der Waals surface area contributed by atoms with Crippen molar-refractivity contribution in [3.63, 3.8) is 0 Å². The smallest absolute Gasteiger partial charge is 0.236 e. The summed E-state index contributed by atoms with van der Waals surface area (Å²) in [7, 11) is 0. The first-order valence-corrected chi connectivity index (χ1v) is 19.1. The highest BCUT2D eigenvalue weighted by Gasteiger charge is 2.27. The van der Waals surface area contributed by atoms with E-state index >= 15 is 0 Å². The fraction of sp³-hybridized carbons (Fsp3) is 0. The fourth-order valence-electron chi connectivity index (χ4n) is 9.69. The van der Waals surface area contributed by atoms with Crippen molar-refractivity contribution in [1.29, 1.82) is 0 Å². The predicted octanol–water partition coefficient (Wildman–Crippen LogP) is 13.2. The Kier molecular flexibility index (Phi) is 4.85. The van der Waals surface area contributed by atoms with Gasteiger partial charge in [0.25, 0.3) is 0 Å². The summed E-state index contributed by atoms with van der Waals surface area (Å²) in [6.07, 6.45) is 0. The van der Waals surface area contributed by atoms with Gasteiger partial charge in [-0.1, -0.05) is 97.1 Å². The molecule has 0 unspecified atom stereocenters. The van der Waals surface area contributed by atoms with Gasteiger partial charge >= 0.3 is 0 Å². The van der Waals surface area contributed by atoms with E-state index in [0.717, 1.165) is 44.2 Å². The van der Waals surface area contributed by atoms with Gasteiger partial charge in [-0.15, -0.1) is 11.3 Å². The van der Waals surface area contributed by atoms with Crippen LogP contribution in [0, 0.1) is 0 Å². The first kappa shape index (κ1) is 27.6. The molecule has 248 valence electrons. The molecule has 0 aliphatic rings. The number of aromatic nitrogens is 4. The van der Waals surface area contributed by atoms with Crippen LogP contribution >= 0.6 is 11.3 Å². The number of thiophene rings is 1. The lowest BCUT2D eigenvalue weighted by Gasteiger charge is -2.12. The van der Waals surface area contributed by atoms with Crippen molar-refractivity contribution in [3.8, 4) is 17.2 Å². The second-order valence-electron chi connectivity index (χ2n) is 14.5. The van der Waals surface area contributed by atoms with Gasteiger partial charge in [0.2, 0.25) is 5.95 Å². The van der Waals surface area contributed by atoms with Crippen LogP contribution in [0.2, 0.25) is 0 Å². The van der Waals surface area contributed by atoms with Crippen LogP contribution in [-0.2, 0) is 0 Å². The van der Waals surface area contributed by atoms with E-state index in [2.05, 4.69) is 142 Å². The average Bonchev–Trinajstić information content (AvgIpc) is 3.95. The second-order valence-corrected chi connectivity index (χ2v) is 15.5. The molecule has 0 bridgehead atoms. The van der Waals surface area contributed by atoms with Crippen molar-refractivity contribution in [2.24, 2.45) is 0 Å². The summed E-state index contributed by atoms with van der Waals surface area (Å²) < 4.78 is 14.1. The molecule has 0 spiro atoms. The molecule has 5 nitrogen and oxygen atoms in total. The number of para-hydroxylation sites is 2. The standard InChI is InChI=1S/C48H24N4OS/c1-2-10-26-25(9-1)19-20-28-27(26)13-7-14-30(28)44-47-45(32-12-4-6-18-37(32)53-47)50-48(49-44)52-35-17-8-16-34-40(35)41-36(52)22-24-38-42(41)43-39(54-38)23-21-31-29-11-3-5-15-33(29)51(34)46(31)43/h1-24H. The van der Waals surface area contributed by atoms with Crippen LogP contribution in [-0.4, -0.2) is 18.9 Å². The van der Waals surface area contributed by atoms with Crippen LogP contribution < -0.4 is 0 Å². The molecular weight excluding hydrogens is 681 g/mol. The van der Waals surface area contributed by atoms with Crippen LogP contribution in [0.1, 0.15) is 0 Å². The molecule has 0 atom stereocenters. The Balaban J connectivity index is 1.18. The summed E-state index contributed by atoms with van der Waals surface area (Å²) in [5.41, 5.74) is 9.97. The zero-order chi connectivity index (χ0) is 34.8. The van der Waals surface area contributed by atoms with Gasteiger partial charge in [0.15, 0.2) is 5.58 Å². The number of furan rings is 1. The monoisotopic (exact) mass is 704 g/mol. The van der Waals surface area contributed by atoms with Crippen LogP contribution in [0.25, 0.3) is 130 Å². The topological polar surface area (TPSA) is 48.3 Å². The summed E-state index contributed by atoms with van der Waals surface area (Å²) >= 11 is 1.88. The highest BCUT2D eigenvalue weighted by Crippen LogP contribution is 2.50. The molecule has 14 aromatic rings. The molecule has 0 fully saturated rings. The van der Waals surface area contributed by atoms with E-state index in [9.17, 15) is 0 Å². The van der Waals surface area contributed by atoms with E-state index in [1.165, 1.54) is 74.4 Å². The van der Waals surface area contributed by atoms with Crippen molar-refractivity contribution in [1.82, 2.24) is 18.9 Å². The van der Waals surface area contributed by atoms with Crippen molar-refractivity contribution in [2.75, 3.05) is 0 Å². The van der Waals surface area contributed by atoms with Crippen LogP contribution in [0.4, 0.5) is 0 Å². The van der Waals surface area contributed by atoms with Gasteiger partial charge in [-0.2, -0.15) is 0 Å². The molecule has 6 heteroatoms. The molecular formula is C48H24N4OS. The Morgan fingerprint density at radius 3 is 2.15 bits per heavy atom. The van der Waals surface area contributed by atoms with E-state index in [-0.39, 0.29) is 0 Å². The summed E-state index contributed by atoms with van der Waals surface area (Å²) in [4.78, 5) is 11.0. The van der Waals surface area contributed by atoms with Crippen molar-refractivity contribution in [3.05, 3.63) is 146 Å². The normalized spacial score (nSPS) is 12.8. The second kappa shape index (κ2) is 9.50. The third kappa shape index (κ3) is 3.20. The molecule has 0 N–H and O–H groups in total. The van der Waals surface area contributed by atoms with E-state index in [0.29, 0.717) is 11.5 Å². The molecule has 0 aliphatic carbocycles. The Bertz CT molecular complexity index is 3920. The maximum atomic E-state index is 6.67. The van der Waals surface area contributed by atoms with Gasteiger partial charge in [-0.3, -0.25) is 4.57 Å². The van der Waals surface area contributed by atoms with Gasteiger partial charge in [-0.05, 0) is 70.1 Å². The van der Waals surface area contributed by atoms with E-state index in [1.54, 1.807) is 0 Å². The molecule has 0 saturated carbocycles. The SMILES string of the molecule is c1ccc2c(c1)ccc1c(-c3nc(-n4c5ccc6sc7ccc8c9ccccc9n9c%10cccc4c%10c5c6c7c89)nc4c3oc3ccccc34)cccc12. The summed E-state index contributed by atoms with van der Waals surface area (Å²) in [6, 6.07) is 52.4. The maximum absolute atomic E-state index is 6.67. The molecule has 0 aliphatic heterocycles. The molecule has 8 aromatic carbocycles. The highest BCUT2D eigenvalue weighted by atomic mass is 32.1.